The van der Waals surface area contributed by atoms with Crippen LogP contribution in [0.25, 0.3) is 0 Å². The van der Waals surface area contributed by atoms with Crippen LogP contribution < -0.4 is 0 Å². The first-order valence-corrected chi connectivity index (χ1v) is 30.0. The lowest BCUT2D eigenvalue weighted by atomic mass is 10.0. The summed E-state index contributed by atoms with van der Waals surface area (Å²) >= 11 is 0. The van der Waals surface area contributed by atoms with Crippen LogP contribution in [-0.4, -0.2) is 37.2 Å². The van der Waals surface area contributed by atoms with Gasteiger partial charge in [-0.25, -0.2) is 0 Å². The molecule has 6 heteroatoms. The Morgan fingerprint density at radius 3 is 0.838 bits per heavy atom. The molecule has 0 radical (unpaired) electrons. The van der Waals surface area contributed by atoms with Crippen LogP contribution in [0.2, 0.25) is 0 Å². The van der Waals surface area contributed by atoms with Crippen LogP contribution in [0.5, 0.6) is 0 Å². The quantitative estimate of drug-likeness (QED) is 0.0199. The zero-order valence-corrected chi connectivity index (χ0v) is 45.6. The van der Waals surface area contributed by atoms with Gasteiger partial charge in [0.25, 0.3) is 0 Å². The second-order valence-electron chi connectivity index (χ2n) is 20.3. The zero-order chi connectivity index (χ0) is 49.3. The maximum Gasteiger partial charge on any atom is 0.306 e. The Kier molecular flexibility index (Phi) is 55.2. The van der Waals surface area contributed by atoms with Gasteiger partial charge in [-0.05, 0) is 70.6 Å². The molecule has 6 nitrogen and oxygen atoms in total. The van der Waals surface area contributed by atoms with Gasteiger partial charge in [0.15, 0.2) is 6.10 Å². The second-order valence-corrected chi connectivity index (χ2v) is 20.3. The van der Waals surface area contributed by atoms with Crippen molar-refractivity contribution in [3.8, 4) is 0 Å². The van der Waals surface area contributed by atoms with E-state index in [0.717, 1.165) is 89.9 Å². The maximum absolute atomic E-state index is 12.9. The molecule has 0 aromatic carbocycles. The summed E-state index contributed by atoms with van der Waals surface area (Å²) in [5.74, 6) is -0.893. The largest absolute Gasteiger partial charge is 0.462 e. The van der Waals surface area contributed by atoms with Crippen LogP contribution in [0.4, 0.5) is 0 Å². The first-order valence-electron chi connectivity index (χ1n) is 30.0. The van der Waals surface area contributed by atoms with E-state index in [9.17, 15) is 14.4 Å². The third-order valence-electron chi connectivity index (χ3n) is 13.4. The van der Waals surface area contributed by atoms with Crippen LogP contribution in [0.3, 0.4) is 0 Å². The molecule has 0 amide bonds. The fraction of sp³-hybridized carbons (Fsp3) is 0.855. The Labute approximate surface area is 423 Å². The van der Waals surface area contributed by atoms with Crippen LogP contribution >= 0.6 is 0 Å². The van der Waals surface area contributed by atoms with Crippen LogP contribution in [-0.2, 0) is 28.6 Å². The molecule has 0 aliphatic carbocycles. The summed E-state index contributed by atoms with van der Waals surface area (Å²) in [7, 11) is 0. The smallest absolute Gasteiger partial charge is 0.306 e. The van der Waals surface area contributed by atoms with Gasteiger partial charge in [-0.15, -0.1) is 0 Å². The third kappa shape index (κ3) is 54.6. The van der Waals surface area contributed by atoms with E-state index in [0.29, 0.717) is 19.3 Å². The average Bonchev–Trinajstić information content (AvgIpc) is 3.34. The molecule has 0 aromatic heterocycles. The number of allylic oxidation sites excluding steroid dienone is 6. The van der Waals surface area contributed by atoms with Crippen molar-refractivity contribution >= 4 is 17.9 Å². The van der Waals surface area contributed by atoms with Gasteiger partial charge in [0.1, 0.15) is 13.2 Å². The standard InChI is InChI=1S/C62H114O6/c1-4-7-10-13-16-19-22-25-27-29-31-33-34-37-40-43-46-49-52-55-61(64)67-58-59(57-66-60(63)54-51-48-45-42-39-36-24-21-18-15-12-9-6-3)68-62(65)56-53-50-47-44-41-38-35-32-30-28-26-23-20-17-14-11-8-5-2/h28,30,32,35-36,39,59H,4-27,29,31,33-34,37-38,40-58H2,1-3H3/b30-28-,35-32-,39-36-. The van der Waals surface area contributed by atoms with Gasteiger partial charge in [0.2, 0.25) is 0 Å². The molecule has 0 spiro atoms. The molecule has 68 heavy (non-hydrogen) atoms. The Bertz CT molecular complexity index is 1140. The highest BCUT2D eigenvalue weighted by molar-refractivity contribution is 5.71. The maximum atomic E-state index is 12.9. The lowest BCUT2D eigenvalue weighted by Crippen LogP contribution is -2.30. The number of hydrogen-bond donors (Lipinski definition) is 0. The second kappa shape index (κ2) is 57.2. The number of esters is 3. The Morgan fingerprint density at radius 1 is 0.294 bits per heavy atom. The minimum atomic E-state index is -0.784. The van der Waals surface area contributed by atoms with E-state index in [4.69, 9.17) is 14.2 Å². The number of carbonyl (C=O) groups excluding carboxylic acids is 3. The highest BCUT2D eigenvalue weighted by Gasteiger charge is 2.19. The van der Waals surface area contributed by atoms with E-state index in [1.807, 2.05) is 0 Å². The van der Waals surface area contributed by atoms with Crippen molar-refractivity contribution < 1.29 is 28.6 Å². The number of unbranched alkanes of at least 4 members (excludes halogenated alkanes) is 39. The minimum Gasteiger partial charge on any atom is -0.462 e. The van der Waals surface area contributed by atoms with E-state index in [2.05, 4.69) is 57.2 Å². The third-order valence-corrected chi connectivity index (χ3v) is 13.4. The number of rotatable bonds is 55. The molecule has 398 valence electrons. The van der Waals surface area contributed by atoms with E-state index in [1.165, 1.54) is 193 Å². The molecule has 1 unspecified atom stereocenters. The number of carbonyl (C=O) groups is 3. The summed E-state index contributed by atoms with van der Waals surface area (Å²) in [6.45, 7) is 6.65. The van der Waals surface area contributed by atoms with Crippen molar-refractivity contribution in [2.75, 3.05) is 13.2 Å². The highest BCUT2D eigenvalue weighted by Crippen LogP contribution is 2.17. The molecule has 0 aromatic rings. The molecule has 0 N–H and O–H groups in total. The van der Waals surface area contributed by atoms with Crippen LogP contribution in [0, 0.1) is 0 Å². The zero-order valence-electron chi connectivity index (χ0n) is 45.6. The SMILES string of the molecule is CCCCCCCC/C=C\CCCCCC(=O)OCC(COC(=O)CCCCCCCCCCCCCCCCCCCCC)OC(=O)CCCCCCC/C=C\C=C/CCCCCCCCC. The number of hydrogen-bond acceptors (Lipinski definition) is 6. The predicted octanol–water partition coefficient (Wildman–Crippen LogP) is 20.0. The van der Waals surface area contributed by atoms with E-state index in [-0.39, 0.29) is 31.1 Å². The van der Waals surface area contributed by atoms with E-state index >= 15 is 0 Å². The normalized spacial score (nSPS) is 12.2. The fourth-order valence-corrected chi connectivity index (χ4v) is 8.84. The van der Waals surface area contributed by atoms with Gasteiger partial charge in [0.05, 0.1) is 0 Å². The first kappa shape index (κ1) is 65.6. The minimum absolute atomic E-state index is 0.0795. The van der Waals surface area contributed by atoms with E-state index in [1.54, 1.807) is 0 Å². The summed E-state index contributed by atoms with van der Waals surface area (Å²) in [5, 5.41) is 0. The lowest BCUT2D eigenvalue weighted by molar-refractivity contribution is -0.167. The van der Waals surface area contributed by atoms with Gasteiger partial charge in [-0.2, -0.15) is 0 Å². The van der Waals surface area contributed by atoms with Gasteiger partial charge >= 0.3 is 17.9 Å². The van der Waals surface area contributed by atoms with Gasteiger partial charge < -0.3 is 14.2 Å². The van der Waals surface area contributed by atoms with Crippen LogP contribution in [0.1, 0.15) is 323 Å². The molecule has 0 fully saturated rings. The fourth-order valence-electron chi connectivity index (χ4n) is 8.84. The van der Waals surface area contributed by atoms with Crippen LogP contribution in [0.15, 0.2) is 36.5 Å². The molecule has 0 aliphatic rings. The Morgan fingerprint density at radius 2 is 0.529 bits per heavy atom. The highest BCUT2D eigenvalue weighted by atomic mass is 16.6. The monoisotopic (exact) mass is 955 g/mol. The van der Waals surface area contributed by atoms with Crippen molar-refractivity contribution in [3.05, 3.63) is 36.5 Å². The average molecular weight is 956 g/mol. The molecule has 0 saturated heterocycles. The molecule has 0 saturated carbocycles. The summed E-state index contributed by atoms with van der Waals surface area (Å²) in [6, 6.07) is 0. The van der Waals surface area contributed by atoms with Crippen molar-refractivity contribution in [2.24, 2.45) is 0 Å². The summed E-state index contributed by atoms with van der Waals surface area (Å²) in [5.41, 5.74) is 0. The Hall–Kier alpha value is -2.37. The molecule has 0 rings (SSSR count). The summed E-state index contributed by atoms with van der Waals surface area (Å²) < 4.78 is 16.9. The Balaban J connectivity index is 4.35. The van der Waals surface area contributed by atoms with Gasteiger partial charge in [0, 0.05) is 19.3 Å². The lowest BCUT2D eigenvalue weighted by Gasteiger charge is -2.18. The first-order chi connectivity index (χ1) is 33.5. The van der Waals surface area contributed by atoms with E-state index < -0.39 is 6.10 Å². The van der Waals surface area contributed by atoms with Gasteiger partial charge in [-0.3, -0.25) is 14.4 Å². The predicted molar refractivity (Wildman–Crippen MR) is 293 cm³/mol. The molecular formula is C62H114O6. The van der Waals surface area contributed by atoms with Crippen molar-refractivity contribution in [2.45, 2.75) is 329 Å². The molecule has 0 aliphatic heterocycles. The van der Waals surface area contributed by atoms with Crippen molar-refractivity contribution in [3.63, 3.8) is 0 Å². The van der Waals surface area contributed by atoms with Gasteiger partial charge in [-0.1, -0.05) is 269 Å². The molecule has 1 atom stereocenters. The molecular weight excluding hydrogens is 841 g/mol. The van der Waals surface area contributed by atoms with Crippen molar-refractivity contribution in [1.82, 2.24) is 0 Å². The van der Waals surface area contributed by atoms with Crippen molar-refractivity contribution in [1.29, 1.82) is 0 Å². The summed E-state index contributed by atoms with van der Waals surface area (Å²) in [6.07, 6.45) is 68.5. The topological polar surface area (TPSA) is 78.9 Å². The number of ether oxygens (including phenoxy) is 3. The molecule has 0 bridgehead atoms. The summed E-state index contributed by atoms with van der Waals surface area (Å²) in [4.78, 5) is 38.2. The molecule has 0 heterocycles.